The Hall–Kier alpha value is -2.71. The first-order valence-corrected chi connectivity index (χ1v) is 7.59. The molecular formula is C16H15F3N4O2. The van der Waals surface area contributed by atoms with E-state index in [2.05, 4.69) is 15.5 Å². The molecule has 2 amide bonds. The number of carbonyl (C=O) groups excluding carboxylic acids is 2. The molecule has 2 unspecified atom stereocenters. The lowest BCUT2D eigenvalue weighted by molar-refractivity contribution is -0.177. The van der Waals surface area contributed by atoms with Crippen LogP contribution < -0.4 is 5.32 Å². The number of benzene rings is 1. The van der Waals surface area contributed by atoms with Gasteiger partial charge >= 0.3 is 6.18 Å². The Morgan fingerprint density at radius 3 is 2.76 bits per heavy atom. The van der Waals surface area contributed by atoms with Crippen LogP contribution in [0.1, 0.15) is 24.1 Å². The summed E-state index contributed by atoms with van der Waals surface area (Å²) in [6.45, 7) is 1.66. The summed E-state index contributed by atoms with van der Waals surface area (Å²) >= 11 is 0. The third kappa shape index (κ3) is 3.26. The zero-order chi connectivity index (χ0) is 18.2. The summed E-state index contributed by atoms with van der Waals surface area (Å²) in [6.07, 6.45) is -3.79. The number of azo groups is 1. The molecule has 3 rings (SSSR count). The van der Waals surface area contributed by atoms with E-state index in [0.717, 1.165) is 17.3 Å². The predicted molar refractivity (Wildman–Crippen MR) is 80.9 cm³/mol. The van der Waals surface area contributed by atoms with Crippen molar-refractivity contribution in [3.63, 3.8) is 0 Å². The smallest absolute Gasteiger partial charge is 0.359 e. The van der Waals surface area contributed by atoms with Crippen molar-refractivity contribution in [2.45, 2.75) is 25.7 Å². The molecule has 1 aromatic rings. The fraction of sp³-hybridized carbons (Fsp3) is 0.375. The van der Waals surface area contributed by atoms with E-state index in [9.17, 15) is 22.8 Å². The lowest BCUT2D eigenvalue weighted by Crippen LogP contribution is -2.41. The summed E-state index contributed by atoms with van der Waals surface area (Å²) in [5, 5.41) is 9.10. The van der Waals surface area contributed by atoms with Crippen LogP contribution in [0.5, 0.6) is 0 Å². The van der Waals surface area contributed by atoms with Crippen molar-refractivity contribution in [3.05, 3.63) is 47.3 Å². The number of hydrogen-bond donors (Lipinski definition) is 1. The molecule has 0 fully saturated rings. The van der Waals surface area contributed by atoms with Crippen LogP contribution in [0.15, 0.2) is 46.4 Å². The lowest BCUT2D eigenvalue weighted by Gasteiger charge is -2.34. The molecule has 1 N–H and O–H groups in total. The molecule has 2 aliphatic heterocycles. The summed E-state index contributed by atoms with van der Waals surface area (Å²) in [7, 11) is 0. The number of carbonyl (C=O) groups is 2. The second kappa shape index (κ2) is 6.30. The molecule has 25 heavy (non-hydrogen) atoms. The highest BCUT2D eigenvalue weighted by Gasteiger charge is 2.51. The number of nitrogens with zero attached hydrogens (tertiary/aromatic N) is 3. The number of fused-ring (bicyclic) bond motifs is 1. The molecule has 0 aromatic heterocycles. The molecule has 2 atom stereocenters. The van der Waals surface area contributed by atoms with Crippen LogP contribution in [-0.2, 0) is 16.1 Å². The summed E-state index contributed by atoms with van der Waals surface area (Å²) in [4.78, 5) is 24.5. The van der Waals surface area contributed by atoms with Gasteiger partial charge in [0, 0.05) is 20.0 Å². The number of hydrogen-bond acceptors (Lipinski definition) is 4. The number of nitrogens with one attached hydrogen (secondary N) is 1. The molecule has 6 nitrogen and oxygen atoms in total. The molecule has 2 heterocycles. The summed E-state index contributed by atoms with van der Waals surface area (Å²) < 4.78 is 40.2. The highest BCUT2D eigenvalue weighted by Crippen LogP contribution is 2.43. The van der Waals surface area contributed by atoms with E-state index in [1.165, 1.54) is 11.8 Å². The molecule has 0 aliphatic carbocycles. The van der Waals surface area contributed by atoms with E-state index in [4.69, 9.17) is 0 Å². The summed E-state index contributed by atoms with van der Waals surface area (Å²) in [6, 6.07) is 6.67. The largest absolute Gasteiger partial charge is 0.406 e. The minimum Gasteiger partial charge on any atom is -0.359 e. The molecule has 0 saturated heterocycles. The van der Waals surface area contributed by atoms with Crippen LogP contribution in [0, 0.1) is 5.92 Å². The van der Waals surface area contributed by atoms with Crippen molar-refractivity contribution < 1.29 is 22.8 Å². The fourth-order valence-corrected chi connectivity index (χ4v) is 3.15. The van der Waals surface area contributed by atoms with Gasteiger partial charge in [-0.25, -0.2) is 0 Å². The fourth-order valence-electron chi connectivity index (χ4n) is 3.15. The monoisotopic (exact) mass is 352 g/mol. The minimum atomic E-state index is -4.77. The van der Waals surface area contributed by atoms with E-state index in [-0.39, 0.29) is 24.7 Å². The van der Waals surface area contributed by atoms with E-state index in [0.29, 0.717) is 0 Å². The maximum atomic E-state index is 13.4. The molecule has 0 radical (unpaired) electrons. The van der Waals surface area contributed by atoms with Crippen molar-refractivity contribution in [2.24, 2.45) is 16.1 Å². The van der Waals surface area contributed by atoms with E-state index in [1.54, 1.807) is 18.2 Å². The Kier molecular flexibility index (Phi) is 4.32. The molecule has 132 valence electrons. The first kappa shape index (κ1) is 17.1. The Morgan fingerprint density at radius 2 is 2.08 bits per heavy atom. The number of amides is 2. The van der Waals surface area contributed by atoms with Gasteiger partial charge in [-0.3, -0.25) is 9.59 Å². The van der Waals surface area contributed by atoms with Gasteiger partial charge < -0.3 is 10.2 Å². The number of rotatable bonds is 3. The van der Waals surface area contributed by atoms with Gasteiger partial charge in [0.15, 0.2) is 5.92 Å². The van der Waals surface area contributed by atoms with Crippen molar-refractivity contribution in [2.75, 3.05) is 6.54 Å². The molecule has 9 heteroatoms. The molecule has 0 spiro atoms. The second-order valence-electron chi connectivity index (χ2n) is 5.86. The first-order valence-electron chi connectivity index (χ1n) is 7.59. The molecule has 0 bridgehead atoms. The van der Waals surface area contributed by atoms with Gasteiger partial charge in [0.2, 0.25) is 5.91 Å². The van der Waals surface area contributed by atoms with Gasteiger partial charge in [-0.1, -0.05) is 24.3 Å². The Morgan fingerprint density at radius 1 is 1.36 bits per heavy atom. The van der Waals surface area contributed by atoms with Crippen LogP contribution in [0.25, 0.3) is 0 Å². The quantitative estimate of drug-likeness (QED) is 0.909. The summed E-state index contributed by atoms with van der Waals surface area (Å²) in [5.74, 6) is -3.97. The summed E-state index contributed by atoms with van der Waals surface area (Å²) in [5.41, 5.74) is 1.40. The van der Waals surface area contributed by atoms with E-state index in [1.807, 2.05) is 6.07 Å². The van der Waals surface area contributed by atoms with Crippen molar-refractivity contribution in [1.29, 1.82) is 0 Å². The Balaban J connectivity index is 1.99. The topological polar surface area (TPSA) is 74.1 Å². The Labute approximate surface area is 141 Å². The third-order valence-electron chi connectivity index (χ3n) is 4.22. The standard InChI is InChI=1S/C16H15F3N4O2/c1-9(24)20-6-12-11-5-3-2-4-10(11)8-23(12)13-7-21-22-15(25)14(13)16(17,18)19/h2-5,7,12,14H,6,8H2,1H3,(H,20,24). The highest BCUT2D eigenvalue weighted by atomic mass is 19.4. The first-order chi connectivity index (χ1) is 11.8. The van der Waals surface area contributed by atoms with Gasteiger partial charge in [-0.05, 0) is 11.1 Å². The molecule has 2 aliphatic rings. The minimum absolute atomic E-state index is 0.125. The van der Waals surface area contributed by atoms with E-state index >= 15 is 0 Å². The average Bonchev–Trinajstić information content (AvgIpc) is 2.90. The molecular weight excluding hydrogens is 337 g/mol. The normalized spacial score (nSPS) is 22.6. The zero-order valence-electron chi connectivity index (χ0n) is 13.2. The zero-order valence-corrected chi connectivity index (χ0v) is 13.2. The van der Waals surface area contributed by atoms with Gasteiger partial charge in [0.1, 0.15) is 0 Å². The highest BCUT2D eigenvalue weighted by molar-refractivity contribution is 5.83. The van der Waals surface area contributed by atoms with Crippen molar-refractivity contribution in [3.8, 4) is 0 Å². The van der Waals surface area contributed by atoms with Crippen molar-refractivity contribution >= 4 is 11.8 Å². The maximum absolute atomic E-state index is 13.4. The predicted octanol–water partition coefficient (Wildman–Crippen LogP) is 2.69. The number of halogens is 3. The SMILES string of the molecule is CC(=O)NCC1c2ccccc2CN1C1=CN=NC(=O)C1C(F)(F)F. The van der Waals surface area contributed by atoms with Crippen LogP contribution in [0.4, 0.5) is 13.2 Å². The van der Waals surface area contributed by atoms with Crippen LogP contribution >= 0.6 is 0 Å². The molecule has 0 saturated carbocycles. The van der Waals surface area contributed by atoms with Gasteiger partial charge in [0.25, 0.3) is 5.91 Å². The van der Waals surface area contributed by atoms with Crippen LogP contribution in [0.3, 0.4) is 0 Å². The van der Waals surface area contributed by atoms with Crippen molar-refractivity contribution in [1.82, 2.24) is 10.2 Å². The lowest BCUT2D eigenvalue weighted by atomic mass is 10.0. The maximum Gasteiger partial charge on any atom is 0.406 e. The van der Waals surface area contributed by atoms with E-state index < -0.39 is 24.0 Å². The molecule has 1 aromatic carbocycles. The number of alkyl halides is 3. The second-order valence-corrected chi connectivity index (χ2v) is 5.86. The van der Waals surface area contributed by atoms with Gasteiger partial charge in [-0.15, -0.1) is 5.11 Å². The van der Waals surface area contributed by atoms with Crippen LogP contribution in [-0.4, -0.2) is 29.4 Å². The average molecular weight is 352 g/mol. The van der Waals surface area contributed by atoms with Crippen LogP contribution in [0.2, 0.25) is 0 Å². The third-order valence-corrected chi connectivity index (χ3v) is 4.22. The Bertz CT molecular complexity index is 773. The van der Waals surface area contributed by atoms with Gasteiger partial charge in [0.05, 0.1) is 17.9 Å². The van der Waals surface area contributed by atoms with Gasteiger partial charge in [-0.2, -0.15) is 18.3 Å².